The molecule has 0 bridgehead atoms. The molecule has 6 nitrogen and oxygen atoms in total. The lowest BCUT2D eigenvalue weighted by Crippen LogP contribution is -2.54. The fourth-order valence-corrected chi connectivity index (χ4v) is 5.39. The van der Waals surface area contributed by atoms with Crippen LogP contribution in [0.15, 0.2) is 0 Å². The van der Waals surface area contributed by atoms with Crippen molar-refractivity contribution < 1.29 is 19.1 Å². The van der Waals surface area contributed by atoms with Crippen LogP contribution in [0.5, 0.6) is 0 Å². The number of rotatable bonds is 4. The second kappa shape index (κ2) is 7.20. The van der Waals surface area contributed by atoms with Gasteiger partial charge in [0.2, 0.25) is 0 Å². The van der Waals surface area contributed by atoms with Crippen molar-refractivity contribution in [1.29, 1.82) is 0 Å². The fraction of sp³-hybridized carbons (Fsp3) is 0.850. The fourth-order valence-electron chi connectivity index (χ4n) is 5.39. The van der Waals surface area contributed by atoms with Crippen LogP contribution in [0.3, 0.4) is 0 Å². The van der Waals surface area contributed by atoms with Crippen molar-refractivity contribution in [3.63, 3.8) is 0 Å². The molecule has 2 atom stereocenters. The predicted octanol–water partition coefficient (Wildman–Crippen LogP) is 3.25. The molecule has 146 valence electrons. The molecule has 1 saturated heterocycles. The molecule has 1 heterocycles. The first-order valence-corrected chi connectivity index (χ1v) is 10.0. The number of hydrogen-bond donors (Lipinski definition) is 1. The Morgan fingerprint density at radius 2 is 1.88 bits per heavy atom. The summed E-state index contributed by atoms with van der Waals surface area (Å²) in [7, 11) is 0. The summed E-state index contributed by atoms with van der Waals surface area (Å²) in [4.78, 5) is 38.7. The van der Waals surface area contributed by atoms with Gasteiger partial charge in [-0.15, -0.1) is 0 Å². The molecule has 1 spiro atoms. The highest BCUT2D eigenvalue weighted by molar-refractivity contribution is 6.08. The summed E-state index contributed by atoms with van der Waals surface area (Å²) in [5.41, 5.74) is -0.875. The Labute approximate surface area is 156 Å². The van der Waals surface area contributed by atoms with E-state index < -0.39 is 17.5 Å². The van der Waals surface area contributed by atoms with E-state index in [1.54, 1.807) is 0 Å². The van der Waals surface area contributed by atoms with Gasteiger partial charge in [0, 0.05) is 0 Å². The highest BCUT2D eigenvalue weighted by atomic mass is 16.5. The minimum absolute atomic E-state index is 0.0158. The van der Waals surface area contributed by atoms with E-state index in [4.69, 9.17) is 4.74 Å². The van der Waals surface area contributed by atoms with Crippen LogP contribution in [0.1, 0.15) is 72.1 Å². The molecule has 0 aromatic heterocycles. The molecule has 3 fully saturated rings. The van der Waals surface area contributed by atoms with Gasteiger partial charge in [-0.05, 0) is 49.4 Å². The summed E-state index contributed by atoms with van der Waals surface area (Å²) in [6.07, 6.45) is 8.08. The van der Waals surface area contributed by atoms with Crippen LogP contribution >= 0.6 is 0 Å². The number of esters is 1. The zero-order valence-electron chi connectivity index (χ0n) is 16.3. The van der Waals surface area contributed by atoms with E-state index in [0.29, 0.717) is 31.3 Å². The molecule has 3 rings (SSSR count). The third-order valence-corrected chi connectivity index (χ3v) is 6.12. The molecule has 6 heteroatoms. The van der Waals surface area contributed by atoms with Crippen LogP contribution in [-0.4, -0.2) is 41.5 Å². The van der Waals surface area contributed by atoms with E-state index in [9.17, 15) is 14.4 Å². The number of imide groups is 1. The van der Waals surface area contributed by atoms with Crippen LogP contribution in [0.25, 0.3) is 0 Å². The highest BCUT2D eigenvalue weighted by Crippen LogP contribution is 2.46. The quantitative estimate of drug-likeness (QED) is 0.614. The second-order valence-corrected chi connectivity index (χ2v) is 9.45. The molecule has 2 saturated carbocycles. The Balaban J connectivity index is 1.59. The molecule has 1 aliphatic heterocycles. The van der Waals surface area contributed by atoms with Crippen LogP contribution in [-0.2, 0) is 14.3 Å². The SMILES string of the molecule is C[C@H]1CC(C)(C)C[C@]2(C1)NC(=O)N(CC(=O)OCC1CCCCC1)C2=O. The van der Waals surface area contributed by atoms with Gasteiger partial charge in [-0.2, -0.15) is 0 Å². The number of nitrogens with one attached hydrogen (secondary N) is 1. The Morgan fingerprint density at radius 1 is 1.19 bits per heavy atom. The third-order valence-electron chi connectivity index (χ3n) is 6.12. The van der Waals surface area contributed by atoms with Crippen molar-refractivity contribution in [2.45, 2.75) is 77.7 Å². The molecule has 3 aliphatic rings. The standard InChI is InChI=1S/C20H32N2O4/c1-14-9-19(2,3)13-20(10-14)17(24)22(18(25)21-20)11-16(23)26-12-15-7-5-4-6-8-15/h14-15H,4-13H2,1-3H3,(H,21,25)/t14-,20-/m0/s1. The van der Waals surface area contributed by atoms with Crippen LogP contribution in [0.4, 0.5) is 4.79 Å². The van der Waals surface area contributed by atoms with Gasteiger partial charge >= 0.3 is 12.0 Å². The van der Waals surface area contributed by atoms with Gasteiger partial charge in [-0.1, -0.05) is 40.0 Å². The van der Waals surface area contributed by atoms with Crippen molar-refractivity contribution in [2.75, 3.05) is 13.2 Å². The molecule has 1 N–H and O–H groups in total. The lowest BCUT2D eigenvalue weighted by Gasteiger charge is -2.43. The molecule has 0 aromatic carbocycles. The number of carbonyl (C=O) groups excluding carboxylic acids is 3. The minimum Gasteiger partial charge on any atom is -0.464 e. The lowest BCUT2D eigenvalue weighted by atomic mass is 9.64. The number of hydrogen-bond acceptors (Lipinski definition) is 4. The summed E-state index contributed by atoms with van der Waals surface area (Å²) < 4.78 is 5.37. The summed E-state index contributed by atoms with van der Waals surface area (Å²) >= 11 is 0. The molecule has 2 aliphatic carbocycles. The largest absolute Gasteiger partial charge is 0.464 e. The van der Waals surface area contributed by atoms with Crippen LogP contribution in [0.2, 0.25) is 0 Å². The Bertz CT molecular complexity index is 582. The first kappa shape index (κ1) is 19.2. The summed E-state index contributed by atoms with van der Waals surface area (Å²) in [5.74, 6) is 0.0133. The molecule has 0 aromatic rings. The zero-order valence-corrected chi connectivity index (χ0v) is 16.3. The van der Waals surface area contributed by atoms with Gasteiger partial charge < -0.3 is 10.1 Å². The summed E-state index contributed by atoms with van der Waals surface area (Å²) in [6, 6.07) is -0.463. The summed E-state index contributed by atoms with van der Waals surface area (Å²) in [5, 5.41) is 2.90. The minimum atomic E-state index is -0.859. The Hall–Kier alpha value is -1.59. The molecule has 3 amide bonds. The Kier molecular flexibility index (Phi) is 5.31. The normalized spacial score (nSPS) is 32.0. The van der Waals surface area contributed by atoms with E-state index in [1.807, 2.05) is 0 Å². The first-order chi connectivity index (χ1) is 12.2. The van der Waals surface area contributed by atoms with E-state index in [1.165, 1.54) is 19.3 Å². The first-order valence-electron chi connectivity index (χ1n) is 10.0. The molecule has 0 radical (unpaired) electrons. The number of ether oxygens (including phenoxy) is 1. The van der Waals surface area contributed by atoms with Gasteiger partial charge in [0.15, 0.2) is 0 Å². The maximum atomic E-state index is 13.0. The van der Waals surface area contributed by atoms with Crippen LogP contribution in [0, 0.1) is 17.3 Å². The van der Waals surface area contributed by atoms with Crippen molar-refractivity contribution in [3.8, 4) is 0 Å². The third kappa shape index (κ3) is 4.04. The van der Waals surface area contributed by atoms with Gasteiger partial charge in [-0.3, -0.25) is 14.5 Å². The van der Waals surface area contributed by atoms with Crippen molar-refractivity contribution in [3.05, 3.63) is 0 Å². The van der Waals surface area contributed by atoms with E-state index in [2.05, 4.69) is 26.1 Å². The number of amides is 3. The Morgan fingerprint density at radius 3 is 2.54 bits per heavy atom. The van der Waals surface area contributed by atoms with Crippen molar-refractivity contribution in [2.24, 2.45) is 17.3 Å². The lowest BCUT2D eigenvalue weighted by molar-refractivity contribution is -0.149. The number of urea groups is 1. The van der Waals surface area contributed by atoms with Gasteiger partial charge in [-0.25, -0.2) is 4.79 Å². The number of nitrogens with zero attached hydrogens (tertiary/aromatic N) is 1. The molecular formula is C20H32N2O4. The number of carbonyl (C=O) groups is 3. The average molecular weight is 364 g/mol. The maximum Gasteiger partial charge on any atom is 0.326 e. The highest BCUT2D eigenvalue weighted by Gasteiger charge is 2.56. The smallest absolute Gasteiger partial charge is 0.326 e. The second-order valence-electron chi connectivity index (χ2n) is 9.45. The van der Waals surface area contributed by atoms with Gasteiger partial charge in [0.1, 0.15) is 12.1 Å². The van der Waals surface area contributed by atoms with E-state index in [0.717, 1.165) is 24.2 Å². The van der Waals surface area contributed by atoms with Crippen molar-refractivity contribution >= 4 is 17.9 Å². The molecule has 0 unspecified atom stereocenters. The van der Waals surface area contributed by atoms with Crippen molar-refractivity contribution in [1.82, 2.24) is 10.2 Å². The average Bonchev–Trinajstić information content (AvgIpc) is 2.75. The maximum absolute atomic E-state index is 13.0. The predicted molar refractivity (Wildman–Crippen MR) is 97.3 cm³/mol. The monoisotopic (exact) mass is 364 g/mol. The van der Waals surface area contributed by atoms with E-state index in [-0.39, 0.29) is 17.9 Å². The van der Waals surface area contributed by atoms with Gasteiger partial charge in [0.25, 0.3) is 5.91 Å². The molecule has 26 heavy (non-hydrogen) atoms. The molecular weight excluding hydrogens is 332 g/mol. The van der Waals surface area contributed by atoms with E-state index >= 15 is 0 Å². The topological polar surface area (TPSA) is 75.7 Å². The zero-order chi connectivity index (χ0) is 18.9. The summed E-state index contributed by atoms with van der Waals surface area (Å²) in [6.45, 7) is 6.49. The van der Waals surface area contributed by atoms with Crippen LogP contribution < -0.4 is 5.32 Å². The van der Waals surface area contributed by atoms with Gasteiger partial charge in [0.05, 0.1) is 6.61 Å².